The molecule has 0 bridgehead atoms. The van der Waals surface area contributed by atoms with Gasteiger partial charge in [0, 0.05) is 5.56 Å². The maximum absolute atomic E-state index is 12.3. The van der Waals surface area contributed by atoms with Crippen LogP contribution in [0.25, 0.3) is 5.69 Å². The predicted molar refractivity (Wildman–Crippen MR) is 121 cm³/mol. The number of hydrogen-bond donors (Lipinski definition) is 2. The molecule has 8 heteroatoms. The Morgan fingerprint density at radius 2 is 1.66 bits per heavy atom. The number of ether oxygens (including phenoxy) is 1. The van der Waals surface area contributed by atoms with Crippen LogP contribution in [0.15, 0.2) is 48.5 Å². The minimum atomic E-state index is -0.703. The molecule has 0 aliphatic rings. The van der Waals surface area contributed by atoms with E-state index in [1.807, 2.05) is 57.2 Å². The number of rotatable bonds is 7. The molecule has 0 saturated heterocycles. The number of benzene rings is 2. The molecule has 3 rings (SSSR count). The second-order valence-electron chi connectivity index (χ2n) is 7.50. The van der Waals surface area contributed by atoms with E-state index in [9.17, 15) is 14.4 Å². The lowest BCUT2D eigenvalue weighted by Crippen LogP contribution is -2.32. The lowest BCUT2D eigenvalue weighted by molar-refractivity contribution is -0.146. The highest BCUT2D eigenvalue weighted by Gasteiger charge is 2.17. The molecule has 32 heavy (non-hydrogen) atoms. The van der Waals surface area contributed by atoms with E-state index < -0.39 is 18.5 Å². The lowest BCUT2D eigenvalue weighted by atomic mass is 10.1. The smallest absolute Gasteiger partial charge is 0.325 e. The van der Waals surface area contributed by atoms with Crippen LogP contribution in [-0.2, 0) is 14.3 Å². The lowest BCUT2D eigenvalue weighted by Gasteiger charge is -2.09. The number of carbonyl (C=O) groups excluding carboxylic acids is 3. The van der Waals surface area contributed by atoms with E-state index >= 15 is 0 Å². The topological polar surface area (TPSA) is 102 Å². The summed E-state index contributed by atoms with van der Waals surface area (Å²) < 4.78 is 6.73. The zero-order chi connectivity index (χ0) is 23.3. The monoisotopic (exact) mass is 434 g/mol. The van der Waals surface area contributed by atoms with Crippen molar-refractivity contribution in [2.24, 2.45) is 0 Å². The van der Waals surface area contributed by atoms with Gasteiger partial charge in [-0.3, -0.25) is 14.4 Å². The number of aryl methyl sites for hydroxylation is 3. The summed E-state index contributed by atoms with van der Waals surface area (Å²) in [5.74, 6) is -1.57. The number of nitrogens with zero attached hydrogens (tertiary/aromatic N) is 2. The Hall–Kier alpha value is -3.94. The Balaban J connectivity index is 1.52. The van der Waals surface area contributed by atoms with E-state index in [1.165, 1.54) is 0 Å². The summed E-state index contributed by atoms with van der Waals surface area (Å²) in [4.78, 5) is 36.4. The van der Waals surface area contributed by atoms with Crippen molar-refractivity contribution in [2.75, 3.05) is 18.5 Å². The van der Waals surface area contributed by atoms with Crippen molar-refractivity contribution < 1.29 is 19.1 Å². The summed E-state index contributed by atoms with van der Waals surface area (Å²) in [5.41, 5.74) is 5.28. The zero-order valence-electron chi connectivity index (χ0n) is 18.6. The quantitative estimate of drug-likeness (QED) is 0.557. The molecule has 0 saturated carbocycles. The maximum Gasteiger partial charge on any atom is 0.325 e. The average molecular weight is 434 g/mol. The molecule has 166 valence electrons. The van der Waals surface area contributed by atoms with E-state index in [1.54, 1.807) is 23.7 Å². The van der Waals surface area contributed by atoms with Crippen LogP contribution in [-0.4, -0.2) is 40.7 Å². The minimum Gasteiger partial charge on any atom is -0.454 e. The van der Waals surface area contributed by atoms with Gasteiger partial charge in [0.1, 0.15) is 6.54 Å². The first-order valence-electron chi connectivity index (χ1n) is 10.2. The van der Waals surface area contributed by atoms with Gasteiger partial charge in [-0.25, -0.2) is 4.68 Å². The Morgan fingerprint density at radius 1 is 0.969 bits per heavy atom. The second-order valence-corrected chi connectivity index (χ2v) is 7.50. The Labute approximate surface area is 186 Å². The van der Waals surface area contributed by atoms with Gasteiger partial charge < -0.3 is 15.4 Å². The highest BCUT2D eigenvalue weighted by molar-refractivity contribution is 5.97. The number of nitrogens with one attached hydrogen (secondary N) is 2. The molecule has 8 nitrogen and oxygen atoms in total. The van der Waals surface area contributed by atoms with Crippen molar-refractivity contribution in [3.8, 4) is 5.69 Å². The molecule has 0 aliphatic carbocycles. The molecular formula is C24H26N4O4. The van der Waals surface area contributed by atoms with Crippen LogP contribution in [0.3, 0.4) is 0 Å². The Bertz CT molecular complexity index is 1150. The van der Waals surface area contributed by atoms with Crippen molar-refractivity contribution in [3.63, 3.8) is 0 Å². The first-order chi connectivity index (χ1) is 15.3. The molecule has 2 amide bonds. The van der Waals surface area contributed by atoms with E-state index in [-0.39, 0.29) is 12.5 Å². The molecule has 1 aromatic heterocycles. The third-order valence-electron chi connectivity index (χ3n) is 4.98. The number of aromatic nitrogens is 2. The van der Waals surface area contributed by atoms with Gasteiger partial charge in [0.15, 0.2) is 6.61 Å². The normalized spacial score (nSPS) is 10.5. The minimum absolute atomic E-state index is 0.330. The molecule has 3 aromatic rings. The molecular weight excluding hydrogens is 408 g/mol. The van der Waals surface area contributed by atoms with Gasteiger partial charge >= 0.3 is 5.97 Å². The van der Waals surface area contributed by atoms with Gasteiger partial charge in [0.05, 0.1) is 22.8 Å². The van der Waals surface area contributed by atoms with E-state index in [2.05, 4.69) is 15.7 Å². The van der Waals surface area contributed by atoms with Crippen molar-refractivity contribution in [2.45, 2.75) is 27.7 Å². The summed E-state index contributed by atoms with van der Waals surface area (Å²) in [6.45, 7) is 6.66. The van der Waals surface area contributed by atoms with Crippen LogP contribution in [0.1, 0.15) is 32.9 Å². The van der Waals surface area contributed by atoms with Crippen molar-refractivity contribution in [3.05, 3.63) is 76.6 Å². The van der Waals surface area contributed by atoms with E-state index in [4.69, 9.17) is 4.74 Å². The highest BCUT2D eigenvalue weighted by Crippen LogP contribution is 2.23. The van der Waals surface area contributed by atoms with Gasteiger partial charge in [-0.15, -0.1) is 0 Å². The largest absolute Gasteiger partial charge is 0.454 e. The number of amides is 2. The van der Waals surface area contributed by atoms with Crippen LogP contribution >= 0.6 is 0 Å². The van der Waals surface area contributed by atoms with Crippen LogP contribution in [0, 0.1) is 27.7 Å². The summed E-state index contributed by atoms with van der Waals surface area (Å²) >= 11 is 0. The van der Waals surface area contributed by atoms with Crippen LogP contribution in [0.4, 0.5) is 5.69 Å². The predicted octanol–water partition coefficient (Wildman–Crippen LogP) is 3.02. The molecule has 0 radical (unpaired) electrons. The van der Waals surface area contributed by atoms with Crippen molar-refractivity contribution >= 4 is 23.5 Å². The average Bonchev–Trinajstić information content (AvgIpc) is 3.05. The molecule has 2 aromatic carbocycles. The molecule has 0 fully saturated rings. The second kappa shape index (κ2) is 9.91. The Morgan fingerprint density at radius 3 is 2.34 bits per heavy atom. The first-order valence-corrected chi connectivity index (χ1v) is 10.2. The summed E-state index contributed by atoms with van der Waals surface area (Å²) in [6.07, 6.45) is 0. The number of carbonyl (C=O) groups is 3. The third kappa shape index (κ3) is 5.40. The van der Waals surface area contributed by atoms with Gasteiger partial charge in [-0.2, -0.15) is 5.10 Å². The zero-order valence-corrected chi connectivity index (χ0v) is 18.6. The number of esters is 1. The summed E-state index contributed by atoms with van der Waals surface area (Å²) in [5, 5.41) is 9.73. The molecule has 1 heterocycles. The fourth-order valence-electron chi connectivity index (χ4n) is 3.21. The van der Waals surface area contributed by atoms with Crippen LogP contribution < -0.4 is 10.6 Å². The number of hydrogen-bond acceptors (Lipinski definition) is 5. The Kier molecular flexibility index (Phi) is 7.04. The van der Waals surface area contributed by atoms with E-state index in [0.717, 1.165) is 22.5 Å². The fourth-order valence-corrected chi connectivity index (χ4v) is 3.21. The molecule has 0 atom stereocenters. The van der Waals surface area contributed by atoms with Crippen LogP contribution in [0.5, 0.6) is 0 Å². The summed E-state index contributed by atoms with van der Waals surface area (Å²) in [7, 11) is 0. The van der Waals surface area contributed by atoms with Crippen molar-refractivity contribution in [1.29, 1.82) is 0 Å². The molecule has 2 N–H and O–H groups in total. The van der Waals surface area contributed by atoms with Gasteiger partial charge in [0.25, 0.3) is 11.8 Å². The fraction of sp³-hybridized carbons (Fsp3) is 0.250. The third-order valence-corrected chi connectivity index (χ3v) is 4.98. The molecule has 0 unspecified atom stereocenters. The highest BCUT2D eigenvalue weighted by atomic mass is 16.5. The van der Waals surface area contributed by atoms with Gasteiger partial charge in [0.2, 0.25) is 0 Å². The first kappa shape index (κ1) is 22.7. The maximum atomic E-state index is 12.3. The molecule has 0 aliphatic heterocycles. The number of anilines is 1. The summed E-state index contributed by atoms with van der Waals surface area (Å²) in [6, 6.07) is 14.9. The van der Waals surface area contributed by atoms with Crippen LogP contribution in [0.2, 0.25) is 0 Å². The van der Waals surface area contributed by atoms with Gasteiger partial charge in [-0.05, 0) is 51.5 Å². The SMILES string of the molecule is Cc1ccc(-n2nc(C)c(NC(=O)COC(=O)CNC(=O)c3ccccc3C)c2C)cc1. The van der Waals surface area contributed by atoms with Crippen molar-refractivity contribution in [1.82, 2.24) is 15.1 Å². The van der Waals surface area contributed by atoms with E-state index in [0.29, 0.717) is 16.9 Å². The molecule has 0 spiro atoms. The standard InChI is InChI=1S/C24H26N4O4/c1-15-9-11-19(12-10-15)28-18(4)23(17(3)27-28)26-21(29)14-32-22(30)13-25-24(31)20-8-6-5-7-16(20)2/h5-12H,13-14H2,1-4H3,(H,25,31)(H,26,29). The van der Waals surface area contributed by atoms with Gasteiger partial charge in [-0.1, -0.05) is 35.9 Å².